The number of allylic oxidation sites excluding steroid dienone is 2. The average Bonchev–Trinajstić information content (AvgIpc) is 2.53. The number of hydrogen-bond donors (Lipinski definition) is 0. The van der Waals surface area contributed by atoms with Crippen molar-refractivity contribution in [3.8, 4) is 0 Å². The monoisotopic (exact) mass is 146 g/mol. The Balaban J connectivity index is 1.98. The van der Waals surface area contributed by atoms with Crippen molar-refractivity contribution in [2.45, 2.75) is 38.7 Å². The molecule has 3 aliphatic rings. The van der Waals surface area contributed by atoms with Crippen LogP contribution in [-0.2, 0) is 0 Å². The Bertz CT molecular complexity index is 207. The minimum absolute atomic E-state index is 0.989. The van der Waals surface area contributed by atoms with Gasteiger partial charge < -0.3 is 0 Å². The van der Waals surface area contributed by atoms with Gasteiger partial charge in [-0.1, -0.05) is 30.6 Å². The molecule has 3 rings (SSSR count). The lowest BCUT2D eigenvalue weighted by atomic mass is 9.48. The van der Waals surface area contributed by atoms with Gasteiger partial charge >= 0.3 is 0 Å². The smallest absolute Gasteiger partial charge is 0.0856 e. The van der Waals surface area contributed by atoms with Gasteiger partial charge in [-0.3, -0.25) is 0 Å². The minimum Gasteiger partial charge on any atom is -0.0856 e. The van der Waals surface area contributed by atoms with Crippen LogP contribution in [0.1, 0.15) is 19.3 Å². The molecule has 2 aliphatic carbocycles. The normalized spacial score (nSPS) is 40.6. The van der Waals surface area contributed by atoms with Crippen molar-refractivity contribution >= 4 is 6.71 Å². The zero-order chi connectivity index (χ0) is 7.42. The van der Waals surface area contributed by atoms with Crippen LogP contribution in [0.2, 0.25) is 19.5 Å². The number of fused-ring (bicyclic) bond motifs is 4. The first kappa shape index (κ1) is 6.34. The van der Waals surface area contributed by atoms with Crippen LogP contribution in [0, 0.1) is 11.8 Å². The van der Waals surface area contributed by atoms with Crippen molar-refractivity contribution in [2.75, 3.05) is 0 Å². The third kappa shape index (κ3) is 0.720. The highest BCUT2D eigenvalue weighted by Gasteiger charge is 2.42. The molecule has 0 radical (unpaired) electrons. The van der Waals surface area contributed by atoms with Gasteiger partial charge in [-0.15, -0.1) is 0 Å². The molecule has 1 fully saturated rings. The second kappa shape index (κ2) is 1.94. The van der Waals surface area contributed by atoms with E-state index in [2.05, 4.69) is 6.82 Å². The van der Waals surface area contributed by atoms with Gasteiger partial charge in [-0.25, -0.2) is 0 Å². The lowest BCUT2D eigenvalue weighted by molar-refractivity contribution is 0.655. The first-order valence-corrected chi connectivity index (χ1v) is 5.06. The van der Waals surface area contributed by atoms with E-state index in [4.69, 9.17) is 0 Å². The van der Waals surface area contributed by atoms with E-state index in [0.717, 1.165) is 18.5 Å². The summed E-state index contributed by atoms with van der Waals surface area (Å²) in [6.45, 7) is 3.40. The Kier molecular flexibility index (Phi) is 1.12. The molecule has 1 aliphatic heterocycles. The van der Waals surface area contributed by atoms with Crippen LogP contribution in [0.5, 0.6) is 0 Å². The highest BCUT2D eigenvalue weighted by atomic mass is 14.4. The molecule has 0 aromatic rings. The zero-order valence-electron chi connectivity index (χ0n) is 7.27. The van der Waals surface area contributed by atoms with Crippen LogP contribution in [0.25, 0.3) is 0 Å². The molecule has 1 heterocycles. The average molecular weight is 146 g/mol. The maximum atomic E-state index is 2.41. The first-order chi connectivity index (χ1) is 5.34. The molecule has 2 atom stereocenters. The lowest BCUT2D eigenvalue weighted by Gasteiger charge is -2.12. The third-order valence-corrected chi connectivity index (χ3v) is 3.97. The fraction of sp³-hybridized carbons (Fsp3) is 0.800. The quantitative estimate of drug-likeness (QED) is 0.364. The SMILES string of the molecule is CB1CC2=C(C1)[C@H]1CC[C@@H]2C1. The maximum Gasteiger partial charge on any atom is 0.145 e. The van der Waals surface area contributed by atoms with E-state index >= 15 is 0 Å². The van der Waals surface area contributed by atoms with Gasteiger partial charge in [-0.05, 0) is 31.1 Å². The van der Waals surface area contributed by atoms with Crippen molar-refractivity contribution in [1.82, 2.24) is 0 Å². The van der Waals surface area contributed by atoms with Gasteiger partial charge in [-0.2, -0.15) is 0 Å². The van der Waals surface area contributed by atoms with Crippen molar-refractivity contribution < 1.29 is 0 Å². The van der Waals surface area contributed by atoms with Crippen LogP contribution in [0.15, 0.2) is 11.1 Å². The van der Waals surface area contributed by atoms with E-state index in [0.29, 0.717) is 0 Å². The van der Waals surface area contributed by atoms with E-state index in [1.807, 2.05) is 11.1 Å². The summed E-state index contributed by atoms with van der Waals surface area (Å²) in [7, 11) is 0. The lowest BCUT2D eigenvalue weighted by Crippen LogP contribution is -2.04. The summed E-state index contributed by atoms with van der Waals surface area (Å²) in [6.07, 6.45) is 7.50. The molecule has 0 nitrogen and oxygen atoms in total. The Morgan fingerprint density at radius 2 is 1.64 bits per heavy atom. The maximum absolute atomic E-state index is 2.41. The fourth-order valence-electron chi connectivity index (χ4n) is 3.56. The summed E-state index contributed by atoms with van der Waals surface area (Å²) >= 11 is 0. The van der Waals surface area contributed by atoms with Gasteiger partial charge in [0.05, 0.1) is 0 Å². The summed E-state index contributed by atoms with van der Waals surface area (Å²) in [5, 5.41) is 0. The highest BCUT2D eigenvalue weighted by Crippen LogP contribution is 2.54. The van der Waals surface area contributed by atoms with Crippen molar-refractivity contribution in [3.05, 3.63) is 11.1 Å². The van der Waals surface area contributed by atoms with Crippen molar-refractivity contribution in [2.24, 2.45) is 11.8 Å². The first-order valence-electron chi connectivity index (χ1n) is 5.06. The molecule has 0 unspecified atom stereocenters. The highest BCUT2D eigenvalue weighted by molar-refractivity contribution is 6.60. The Labute approximate surface area is 69.1 Å². The molecule has 0 saturated heterocycles. The summed E-state index contributed by atoms with van der Waals surface area (Å²) in [5.41, 5.74) is 3.82. The topological polar surface area (TPSA) is 0 Å². The molecular formula is C10H15B. The van der Waals surface area contributed by atoms with Crippen molar-refractivity contribution in [3.63, 3.8) is 0 Å². The molecule has 0 spiro atoms. The van der Waals surface area contributed by atoms with Gasteiger partial charge in [0.1, 0.15) is 6.71 Å². The van der Waals surface area contributed by atoms with Crippen LogP contribution in [0.4, 0.5) is 0 Å². The molecule has 11 heavy (non-hydrogen) atoms. The van der Waals surface area contributed by atoms with Crippen molar-refractivity contribution in [1.29, 1.82) is 0 Å². The van der Waals surface area contributed by atoms with Crippen LogP contribution < -0.4 is 0 Å². The van der Waals surface area contributed by atoms with Gasteiger partial charge in [0.2, 0.25) is 0 Å². The van der Waals surface area contributed by atoms with Crippen LogP contribution in [-0.4, -0.2) is 6.71 Å². The van der Waals surface area contributed by atoms with Gasteiger partial charge in [0.25, 0.3) is 0 Å². The van der Waals surface area contributed by atoms with Crippen LogP contribution in [0.3, 0.4) is 0 Å². The van der Waals surface area contributed by atoms with Crippen LogP contribution >= 0.6 is 0 Å². The van der Waals surface area contributed by atoms with Gasteiger partial charge in [0.15, 0.2) is 0 Å². The zero-order valence-corrected chi connectivity index (χ0v) is 7.27. The Morgan fingerprint density at radius 3 is 2.18 bits per heavy atom. The van der Waals surface area contributed by atoms with E-state index < -0.39 is 0 Å². The second-order valence-corrected chi connectivity index (χ2v) is 4.77. The fourth-order valence-corrected chi connectivity index (χ4v) is 3.56. The molecule has 0 aromatic carbocycles. The summed E-state index contributed by atoms with van der Waals surface area (Å²) < 4.78 is 0. The molecule has 0 aromatic heterocycles. The minimum atomic E-state index is 0.989. The summed E-state index contributed by atoms with van der Waals surface area (Å²) in [4.78, 5) is 0. The molecule has 0 amide bonds. The Hall–Kier alpha value is -0.195. The molecule has 1 saturated carbocycles. The van der Waals surface area contributed by atoms with E-state index in [-0.39, 0.29) is 0 Å². The summed E-state index contributed by atoms with van der Waals surface area (Å²) in [6, 6.07) is 0. The Morgan fingerprint density at radius 1 is 1.09 bits per heavy atom. The number of rotatable bonds is 0. The van der Waals surface area contributed by atoms with E-state index in [1.165, 1.54) is 31.9 Å². The molecular weight excluding hydrogens is 131 g/mol. The predicted molar refractivity (Wildman–Crippen MR) is 49.1 cm³/mol. The second-order valence-electron chi connectivity index (χ2n) is 4.77. The van der Waals surface area contributed by atoms with E-state index in [9.17, 15) is 0 Å². The predicted octanol–water partition coefficient (Wildman–Crippen LogP) is 2.85. The number of hydrogen-bond acceptors (Lipinski definition) is 0. The van der Waals surface area contributed by atoms with E-state index in [1.54, 1.807) is 0 Å². The summed E-state index contributed by atoms with van der Waals surface area (Å²) in [5.74, 6) is 2.11. The molecule has 0 N–H and O–H groups in total. The molecule has 58 valence electrons. The third-order valence-electron chi connectivity index (χ3n) is 3.97. The molecule has 1 heteroatoms. The largest absolute Gasteiger partial charge is 0.145 e. The standard InChI is InChI=1S/C10H15B/c1-11-5-9-7-2-3-8(4-7)10(9)6-11/h7-8H,2-6H2,1H3/t7-,8+. The molecule has 2 bridgehead atoms. The van der Waals surface area contributed by atoms with Gasteiger partial charge in [0, 0.05) is 0 Å².